The van der Waals surface area contributed by atoms with Crippen LogP contribution in [0.4, 0.5) is 0 Å². The number of carbonyl (C=O) groups excluding carboxylic acids is 1. The molecule has 0 atom stereocenters. The van der Waals surface area contributed by atoms with E-state index in [0.29, 0.717) is 6.54 Å². The van der Waals surface area contributed by atoms with Crippen molar-refractivity contribution in [3.8, 4) is 0 Å². The summed E-state index contributed by atoms with van der Waals surface area (Å²) in [7, 11) is 0. The molecular formula is C5H11NO3. The van der Waals surface area contributed by atoms with Crippen molar-refractivity contribution in [2.24, 2.45) is 0 Å². The van der Waals surface area contributed by atoms with Crippen LogP contribution in [0.1, 0.15) is 0 Å². The van der Waals surface area contributed by atoms with E-state index in [0.717, 1.165) is 6.08 Å². The maximum Gasteiger partial charge on any atom is 0.243 e. The third-order valence-corrected chi connectivity index (χ3v) is 0.596. The summed E-state index contributed by atoms with van der Waals surface area (Å²) in [6.07, 6.45) is 1.16. The molecule has 0 saturated heterocycles. The quantitative estimate of drug-likeness (QED) is 0.457. The van der Waals surface area contributed by atoms with Crippen LogP contribution in [0.15, 0.2) is 12.7 Å². The monoisotopic (exact) mass is 133 g/mol. The third kappa shape index (κ3) is 7.13. The van der Waals surface area contributed by atoms with E-state index in [2.05, 4.69) is 11.9 Å². The van der Waals surface area contributed by atoms with Crippen molar-refractivity contribution in [2.75, 3.05) is 13.2 Å². The summed E-state index contributed by atoms with van der Waals surface area (Å²) >= 11 is 0. The van der Waals surface area contributed by atoms with Crippen molar-refractivity contribution in [3.05, 3.63) is 12.7 Å². The van der Waals surface area contributed by atoms with Crippen molar-refractivity contribution in [1.29, 1.82) is 0 Å². The summed E-state index contributed by atoms with van der Waals surface area (Å²) in [5.74, 6) is -0.251. The second kappa shape index (κ2) is 7.13. The average Bonchev–Trinajstić information content (AvgIpc) is 1.83. The predicted octanol–water partition coefficient (Wildman–Crippen LogP) is -1.54. The maximum absolute atomic E-state index is 10.2. The van der Waals surface area contributed by atoms with E-state index < -0.39 is 0 Å². The summed E-state index contributed by atoms with van der Waals surface area (Å²) in [6, 6.07) is 0. The smallest absolute Gasteiger partial charge is 0.243 e. The highest BCUT2D eigenvalue weighted by Crippen LogP contribution is 1.62. The van der Waals surface area contributed by atoms with Gasteiger partial charge in [0.05, 0.1) is 6.61 Å². The van der Waals surface area contributed by atoms with Crippen LogP contribution in [-0.4, -0.2) is 29.6 Å². The molecule has 4 nitrogen and oxygen atoms in total. The van der Waals surface area contributed by atoms with Crippen molar-refractivity contribution in [3.63, 3.8) is 0 Å². The maximum atomic E-state index is 10.2. The van der Waals surface area contributed by atoms with Crippen molar-refractivity contribution < 1.29 is 15.4 Å². The fraction of sp³-hybridized carbons (Fsp3) is 0.400. The molecule has 4 N–H and O–H groups in total. The zero-order chi connectivity index (χ0) is 6.41. The van der Waals surface area contributed by atoms with Crippen LogP contribution < -0.4 is 5.32 Å². The van der Waals surface area contributed by atoms with Gasteiger partial charge in [-0.05, 0) is 6.08 Å². The van der Waals surface area contributed by atoms with Crippen molar-refractivity contribution in [1.82, 2.24) is 5.32 Å². The molecule has 9 heavy (non-hydrogen) atoms. The van der Waals surface area contributed by atoms with Gasteiger partial charge in [0.25, 0.3) is 0 Å². The number of hydrogen-bond donors (Lipinski definition) is 2. The van der Waals surface area contributed by atoms with Gasteiger partial charge in [-0.3, -0.25) is 4.79 Å². The van der Waals surface area contributed by atoms with Crippen LogP contribution in [0.2, 0.25) is 0 Å². The average molecular weight is 133 g/mol. The van der Waals surface area contributed by atoms with E-state index in [1.54, 1.807) is 0 Å². The minimum atomic E-state index is -0.251. The molecule has 0 aromatic heterocycles. The number of aliphatic hydroxyl groups is 1. The summed E-state index contributed by atoms with van der Waals surface area (Å²) in [5.41, 5.74) is 0. The van der Waals surface area contributed by atoms with Crippen molar-refractivity contribution in [2.45, 2.75) is 0 Å². The fourth-order valence-corrected chi connectivity index (χ4v) is 0.251. The lowest BCUT2D eigenvalue weighted by Crippen LogP contribution is -2.23. The SMILES string of the molecule is C=CC(=O)NCCO.O. The van der Waals surface area contributed by atoms with E-state index in [1.807, 2.05) is 0 Å². The molecule has 0 fully saturated rings. The number of hydrogen-bond acceptors (Lipinski definition) is 2. The van der Waals surface area contributed by atoms with E-state index in [4.69, 9.17) is 5.11 Å². The molecule has 0 heterocycles. The van der Waals surface area contributed by atoms with E-state index in [9.17, 15) is 4.79 Å². The molecule has 1 amide bonds. The number of rotatable bonds is 3. The van der Waals surface area contributed by atoms with Gasteiger partial charge < -0.3 is 15.9 Å². The summed E-state index contributed by atoms with van der Waals surface area (Å²) in [4.78, 5) is 10.2. The Morgan fingerprint density at radius 2 is 2.33 bits per heavy atom. The van der Waals surface area contributed by atoms with Crippen molar-refractivity contribution >= 4 is 5.91 Å². The Bertz CT molecular complexity index is 92.2. The number of nitrogens with one attached hydrogen (secondary N) is 1. The zero-order valence-corrected chi connectivity index (χ0v) is 5.05. The minimum absolute atomic E-state index is 0. The van der Waals surface area contributed by atoms with Gasteiger partial charge in [0.15, 0.2) is 0 Å². The Kier molecular flexibility index (Phi) is 8.71. The predicted molar refractivity (Wildman–Crippen MR) is 33.9 cm³/mol. The van der Waals surface area contributed by atoms with Gasteiger partial charge in [-0.15, -0.1) is 0 Å². The lowest BCUT2D eigenvalue weighted by atomic mass is 10.5. The Morgan fingerprint density at radius 1 is 1.78 bits per heavy atom. The first kappa shape index (κ1) is 11.0. The fourth-order valence-electron chi connectivity index (χ4n) is 0.251. The van der Waals surface area contributed by atoms with Gasteiger partial charge in [0, 0.05) is 6.54 Å². The Hall–Kier alpha value is -0.870. The molecule has 4 heteroatoms. The Labute approximate surface area is 53.5 Å². The summed E-state index contributed by atoms with van der Waals surface area (Å²) in [6.45, 7) is 3.49. The molecular weight excluding hydrogens is 122 g/mol. The molecule has 0 aliphatic rings. The zero-order valence-electron chi connectivity index (χ0n) is 5.05. The highest BCUT2D eigenvalue weighted by Gasteiger charge is 1.87. The standard InChI is InChI=1S/C5H9NO2.H2O/c1-2-5(8)6-3-4-7;/h2,7H,1,3-4H2,(H,6,8);1H2. The van der Waals surface area contributed by atoms with E-state index >= 15 is 0 Å². The van der Waals surface area contributed by atoms with Gasteiger partial charge in [-0.1, -0.05) is 6.58 Å². The van der Waals surface area contributed by atoms with Gasteiger partial charge in [0.1, 0.15) is 0 Å². The van der Waals surface area contributed by atoms with Crippen LogP contribution in [0, 0.1) is 0 Å². The lowest BCUT2D eigenvalue weighted by molar-refractivity contribution is -0.116. The molecule has 0 rings (SSSR count). The first-order valence-corrected chi connectivity index (χ1v) is 2.32. The first-order valence-electron chi connectivity index (χ1n) is 2.32. The molecule has 54 valence electrons. The van der Waals surface area contributed by atoms with Crippen LogP contribution in [0.25, 0.3) is 0 Å². The van der Waals surface area contributed by atoms with Gasteiger partial charge in [-0.25, -0.2) is 0 Å². The first-order chi connectivity index (χ1) is 3.81. The van der Waals surface area contributed by atoms with Crippen LogP contribution in [0.5, 0.6) is 0 Å². The molecule has 0 saturated carbocycles. The number of aliphatic hydroxyl groups excluding tert-OH is 1. The molecule has 0 aromatic rings. The molecule has 0 radical (unpaired) electrons. The topological polar surface area (TPSA) is 80.8 Å². The highest BCUT2D eigenvalue weighted by molar-refractivity contribution is 5.86. The second-order valence-corrected chi connectivity index (χ2v) is 1.22. The van der Waals surface area contributed by atoms with Gasteiger partial charge >= 0.3 is 0 Å². The molecule has 0 spiro atoms. The van der Waals surface area contributed by atoms with Gasteiger partial charge in [0.2, 0.25) is 5.91 Å². The second-order valence-electron chi connectivity index (χ2n) is 1.22. The third-order valence-electron chi connectivity index (χ3n) is 0.596. The highest BCUT2D eigenvalue weighted by atomic mass is 16.3. The molecule has 0 aliphatic carbocycles. The van der Waals surface area contributed by atoms with Gasteiger partial charge in [-0.2, -0.15) is 0 Å². The minimum Gasteiger partial charge on any atom is -0.412 e. The molecule has 0 unspecified atom stereocenters. The van der Waals surface area contributed by atoms with Crippen LogP contribution in [0.3, 0.4) is 0 Å². The van der Waals surface area contributed by atoms with E-state index in [-0.39, 0.29) is 18.0 Å². The number of amides is 1. The Morgan fingerprint density at radius 3 is 2.67 bits per heavy atom. The molecule has 0 bridgehead atoms. The summed E-state index contributed by atoms with van der Waals surface area (Å²) < 4.78 is 0. The largest absolute Gasteiger partial charge is 0.412 e. The number of carbonyl (C=O) groups is 1. The van der Waals surface area contributed by atoms with Crippen LogP contribution >= 0.6 is 0 Å². The molecule has 0 aromatic carbocycles. The lowest BCUT2D eigenvalue weighted by Gasteiger charge is -1.94. The van der Waals surface area contributed by atoms with E-state index in [1.165, 1.54) is 0 Å². The Balaban J connectivity index is 0. The molecule has 0 aliphatic heterocycles. The normalized spacial score (nSPS) is 7.22. The summed E-state index contributed by atoms with van der Waals surface area (Å²) in [5, 5.41) is 10.5. The van der Waals surface area contributed by atoms with Crippen LogP contribution in [-0.2, 0) is 4.79 Å².